The second kappa shape index (κ2) is 14.6. The summed E-state index contributed by atoms with van der Waals surface area (Å²) in [6.45, 7) is 4.47. The van der Waals surface area contributed by atoms with E-state index < -0.39 is 0 Å². The molecule has 0 spiro atoms. The average Bonchev–Trinajstić information content (AvgIpc) is 2.46. The largest absolute Gasteiger partial charge is 0.466 e. The van der Waals surface area contributed by atoms with Crippen molar-refractivity contribution in [2.24, 2.45) is 0 Å². The van der Waals surface area contributed by atoms with Gasteiger partial charge in [-0.25, -0.2) is 4.79 Å². The number of carbonyl (C=O) groups is 1. The molecule has 0 aromatic rings. The van der Waals surface area contributed by atoms with Crippen molar-refractivity contribution in [3.05, 3.63) is 11.6 Å². The Balaban J connectivity index is 3.93. The van der Waals surface area contributed by atoms with Gasteiger partial charge in [0.25, 0.3) is 0 Å². The van der Waals surface area contributed by atoms with Crippen LogP contribution in [0, 0.1) is 0 Å². The molecule has 0 aromatic heterocycles. The van der Waals surface area contributed by atoms with Crippen LogP contribution < -0.4 is 0 Å². The number of esters is 1. The SMILES string of the molecule is CCCCCCCC/C(=C/C(=O)OC)CCCCCC. The molecule has 0 saturated carbocycles. The van der Waals surface area contributed by atoms with E-state index >= 15 is 0 Å². The van der Waals surface area contributed by atoms with Gasteiger partial charge in [0.05, 0.1) is 7.11 Å². The zero-order valence-electron chi connectivity index (χ0n) is 13.9. The van der Waals surface area contributed by atoms with Crippen LogP contribution in [0.3, 0.4) is 0 Å². The van der Waals surface area contributed by atoms with Gasteiger partial charge in [0, 0.05) is 6.08 Å². The fourth-order valence-corrected chi connectivity index (χ4v) is 2.41. The summed E-state index contributed by atoms with van der Waals surface area (Å²) >= 11 is 0. The fourth-order valence-electron chi connectivity index (χ4n) is 2.41. The van der Waals surface area contributed by atoms with Crippen LogP contribution in [0.1, 0.15) is 90.9 Å². The van der Waals surface area contributed by atoms with Crippen molar-refractivity contribution in [2.45, 2.75) is 90.9 Å². The number of carbonyl (C=O) groups excluding carboxylic acids is 1. The first kappa shape index (κ1) is 19.2. The van der Waals surface area contributed by atoms with Crippen molar-refractivity contribution < 1.29 is 9.53 Å². The summed E-state index contributed by atoms with van der Waals surface area (Å²) in [7, 11) is 1.46. The van der Waals surface area contributed by atoms with E-state index in [0.29, 0.717) is 0 Å². The third kappa shape index (κ3) is 12.3. The number of allylic oxidation sites excluding steroid dienone is 1. The lowest BCUT2D eigenvalue weighted by atomic mass is 9.99. The number of methoxy groups -OCH3 is 1. The summed E-state index contributed by atoms with van der Waals surface area (Å²) in [4.78, 5) is 11.4. The van der Waals surface area contributed by atoms with Crippen LogP contribution in [0.5, 0.6) is 0 Å². The lowest BCUT2D eigenvalue weighted by molar-refractivity contribution is -0.134. The fraction of sp³-hybridized carbons (Fsp3) is 0.833. The molecule has 0 N–H and O–H groups in total. The van der Waals surface area contributed by atoms with Crippen molar-refractivity contribution >= 4 is 5.97 Å². The molecule has 0 bridgehead atoms. The Morgan fingerprint density at radius 3 is 1.75 bits per heavy atom. The summed E-state index contributed by atoms with van der Waals surface area (Å²) in [5.74, 6) is -0.193. The molecule has 0 aromatic carbocycles. The van der Waals surface area contributed by atoms with Crippen molar-refractivity contribution in [3.8, 4) is 0 Å². The standard InChI is InChI=1S/C18H34O2/c1-4-6-8-10-11-13-15-17(16-18(19)20-3)14-12-9-7-5-2/h16H,4-15H2,1-3H3/b17-16+. The Labute approximate surface area is 126 Å². The van der Waals surface area contributed by atoms with E-state index in [4.69, 9.17) is 4.74 Å². The molecule has 0 aliphatic rings. The predicted molar refractivity (Wildman–Crippen MR) is 86.9 cm³/mol. The molecule has 0 unspecified atom stereocenters. The first-order valence-electron chi connectivity index (χ1n) is 8.52. The lowest BCUT2D eigenvalue weighted by Crippen LogP contribution is -1.98. The van der Waals surface area contributed by atoms with Crippen molar-refractivity contribution in [1.82, 2.24) is 0 Å². The quantitative estimate of drug-likeness (QED) is 0.242. The molecule has 0 saturated heterocycles. The van der Waals surface area contributed by atoms with Crippen LogP contribution in [0.2, 0.25) is 0 Å². The van der Waals surface area contributed by atoms with Gasteiger partial charge in [-0.3, -0.25) is 0 Å². The van der Waals surface area contributed by atoms with Gasteiger partial charge in [0.2, 0.25) is 0 Å². The molecule has 0 atom stereocenters. The maximum Gasteiger partial charge on any atom is 0.330 e. The maximum atomic E-state index is 11.4. The second-order valence-electron chi connectivity index (χ2n) is 5.65. The smallest absolute Gasteiger partial charge is 0.330 e. The minimum absolute atomic E-state index is 0.193. The second-order valence-corrected chi connectivity index (χ2v) is 5.65. The van der Waals surface area contributed by atoms with Gasteiger partial charge in [-0.05, 0) is 25.7 Å². The number of ether oxygens (including phenoxy) is 1. The zero-order chi connectivity index (χ0) is 15.1. The van der Waals surface area contributed by atoms with Gasteiger partial charge in [-0.2, -0.15) is 0 Å². The first-order chi connectivity index (χ1) is 9.74. The minimum atomic E-state index is -0.193. The van der Waals surface area contributed by atoms with E-state index in [-0.39, 0.29) is 5.97 Å². The third-order valence-corrected chi connectivity index (χ3v) is 3.73. The molecule has 0 radical (unpaired) electrons. The molecule has 0 rings (SSSR count). The molecule has 0 aliphatic carbocycles. The van der Waals surface area contributed by atoms with E-state index in [1.165, 1.54) is 76.9 Å². The highest BCUT2D eigenvalue weighted by atomic mass is 16.5. The molecule has 0 aliphatic heterocycles. The van der Waals surface area contributed by atoms with E-state index in [1.807, 2.05) is 0 Å². The van der Waals surface area contributed by atoms with Gasteiger partial charge >= 0.3 is 5.97 Å². The highest BCUT2D eigenvalue weighted by Crippen LogP contribution is 2.18. The number of rotatable bonds is 13. The first-order valence-corrected chi connectivity index (χ1v) is 8.52. The summed E-state index contributed by atoms with van der Waals surface area (Å²) in [6.07, 6.45) is 16.7. The molecule has 0 fully saturated rings. The molecule has 0 heterocycles. The lowest BCUT2D eigenvalue weighted by Gasteiger charge is -2.07. The molecule has 118 valence electrons. The van der Waals surface area contributed by atoms with E-state index in [1.54, 1.807) is 6.08 Å². The molecule has 0 amide bonds. The van der Waals surface area contributed by atoms with Crippen molar-refractivity contribution in [2.75, 3.05) is 7.11 Å². The van der Waals surface area contributed by atoms with Crippen LogP contribution >= 0.6 is 0 Å². The van der Waals surface area contributed by atoms with Gasteiger partial charge < -0.3 is 4.74 Å². The monoisotopic (exact) mass is 282 g/mol. The van der Waals surface area contributed by atoms with Gasteiger partial charge in [-0.15, -0.1) is 0 Å². The van der Waals surface area contributed by atoms with Crippen LogP contribution in [0.4, 0.5) is 0 Å². The van der Waals surface area contributed by atoms with Gasteiger partial charge in [-0.1, -0.05) is 70.8 Å². The van der Waals surface area contributed by atoms with Gasteiger partial charge in [0.15, 0.2) is 0 Å². The van der Waals surface area contributed by atoms with E-state index in [9.17, 15) is 4.79 Å². The van der Waals surface area contributed by atoms with Crippen molar-refractivity contribution in [1.29, 1.82) is 0 Å². The molecule has 2 heteroatoms. The number of unbranched alkanes of at least 4 members (excludes halogenated alkanes) is 8. The zero-order valence-corrected chi connectivity index (χ0v) is 13.9. The van der Waals surface area contributed by atoms with Crippen LogP contribution in [-0.2, 0) is 9.53 Å². The topological polar surface area (TPSA) is 26.3 Å². The summed E-state index contributed by atoms with van der Waals surface area (Å²) < 4.78 is 4.75. The van der Waals surface area contributed by atoms with E-state index in [2.05, 4.69) is 13.8 Å². The third-order valence-electron chi connectivity index (χ3n) is 3.73. The Kier molecular flexibility index (Phi) is 14.0. The Morgan fingerprint density at radius 1 is 0.800 bits per heavy atom. The minimum Gasteiger partial charge on any atom is -0.466 e. The highest BCUT2D eigenvalue weighted by Gasteiger charge is 2.03. The Bertz CT molecular complexity index is 256. The van der Waals surface area contributed by atoms with Crippen LogP contribution in [-0.4, -0.2) is 13.1 Å². The Morgan fingerprint density at radius 2 is 1.25 bits per heavy atom. The Hall–Kier alpha value is -0.790. The molecule has 20 heavy (non-hydrogen) atoms. The molecular weight excluding hydrogens is 248 g/mol. The summed E-state index contributed by atoms with van der Waals surface area (Å²) in [5.41, 5.74) is 1.28. The predicted octanol–water partition coefficient (Wildman–Crippen LogP) is 5.81. The number of hydrogen-bond acceptors (Lipinski definition) is 2. The number of hydrogen-bond donors (Lipinski definition) is 0. The normalized spacial score (nSPS) is 11.7. The maximum absolute atomic E-state index is 11.4. The van der Waals surface area contributed by atoms with E-state index in [0.717, 1.165) is 12.8 Å². The molecular formula is C18H34O2. The average molecular weight is 282 g/mol. The molecule has 2 nitrogen and oxygen atoms in total. The highest BCUT2D eigenvalue weighted by molar-refractivity contribution is 5.82. The summed E-state index contributed by atoms with van der Waals surface area (Å²) in [5, 5.41) is 0. The summed E-state index contributed by atoms with van der Waals surface area (Å²) in [6, 6.07) is 0. The van der Waals surface area contributed by atoms with Crippen LogP contribution in [0.25, 0.3) is 0 Å². The van der Waals surface area contributed by atoms with Crippen molar-refractivity contribution in [3.63, 3.8) is 0 Å². The van der Waals surface area contributed by atoms with Crippen LogP contribution in [0.15, 0.2) is 11.6 Å². The van der Waals surface area contributed by atoms with Gasteiger partial charge in [0.1, 0.15) is 0 Å².